The number of amides is 1. The first-order valence-corrected chi connectivity index (χ1v) is 9.83. The Morgan fingerprint density at radius 2 is 1.73 bits per heavy atom. The molecule has 4 rings (SSSR count). The third-order valence-electron chi connectivity index (χ3n) is 5.32. The normalized spacial score (nSPS) is 11.9. The number of anilines is 1. The fourth-order valence-corrected chi connectivity index (χ4v) is 3.64. The van der Waals surface area contributed by atoms with Crippen molar-refractivity contribution >= 4 is 22.5 Å². The standard InChI is InChI=1S/C24H24N4O2/c1-28(2)18-10-7-16(8-11-18)20(21-15-25-22-6-4-3-5-19(21)22)14-27-24(30)17-9-12-23(29)26-13-17/h3-13,15,20,25H,14H2,1-2H3,(H,26,29)(H,27,30)/t20-/m1/s1. The summed E-state index contributed by atoms with van der Waals surface area (Å²) in [5.41, 5.74) is 4.62. The van der Waals surface area contributed by atoms with E-state index in [1.807, 2.05) is 38.5 Å². The molecule has 2 aromatic carbocycles. The molecule has 30 heavy (non-hydrogen) atoms. The number of rotatable bonds is 6. The second-order valence-electron chi connectivity index (χ2n) is 7.48. The van der Waals surface area contributed by atoms with Crippen LogP contribution in [-0.2, 0) is 0 Å². The second kappa shape index (κ2) is 8.29. The molecule has 2 aromatic heterocycles. The summed E-state index contributed by atoms with van der Waals surface area (Å²) in [7, 11) is 4.02. The number of H-pyrrole nitrogens is 2. The van der Waals surface area contributed by atoms with Crippen molar-refractivity contribution in [3.05, 3.63) is 100 Å². The summed E-state index contributed by atoms with van der Waals surface area (Å²) in [6, 6.07) is 19.4. The molecule has 0 aliphatic carbocycles. The first-order chi connectivity index (χ1) is 14.5. The molecule has 1 atom stereocenters. The fourth-order valence-electron chi connectivity index (χ4n) is 3.64. The van der Waals surface area contributed by atoms with Gasteiger partial charge in [0, 0.05) is 61.6 Å². The molecule has 0 bridgehead atoms. The quantitative estimate of drug-likeness (QED) is 0.463. The topological polar surface area (TPSA) is 81.0 Å². The number of carbonyl (C=O) groups is 1. The van der Waals surface area contributed by atoms with E-state index in [1.165, 1.54) is 18.3 Å². The molecule has 0 aliphatic heterocycles. The van der Waals surface area contributed by atoms with Gasteiger partial charge in [-0.25, -0.2) is 0 Å². The molecule has 6 heteroatoms. The minimum absolute atomic E-state index is 0.0240. The van der Waals surface area contributed by atoms with Crippen molar-refractivity contribution in [2.45, 2.75) is 5.92 Å². The van der Waals surface area contributed by atoms with E-state index >= 15 is 0 Å². The van der Waals surface area contributed by atoms with Crippen molar-refractivity contribution in [1.82, 2.24) is 15.3 Å². The van der Waals surface area contributed by atoms with Crippen LogP contribution >= 0.6 is 0 Å². The van der Waals surface area contributed by atoms with Gasteiger partial charge in [-0.2, -0.15) is 0 Å². The Balaban J connectivity index is 1.65. The maximum absolute atomic E-state index is 12.6. The first-order valence-electron chi connectivity index (χ1n) is 9.83. The zero-order chi connectivity index (χ0) is 21.1. The molecule has 0 fully saturated rings. The van der Waals surface area contributed by atoms with Crippen molar-refractivity contribution in [3.63, 3.8) is 0 Å². The molecule has 0 radical (unpaired) electrons. The lowest BCUT2D eigenvalue weighted by atomic mass is 9.90. The summed E-state index contributed by atoms with van der Waals surface area (Å²) < 4.78 is 0. The van der Waals surface area contributed by atoms with E-state index in [2.05, 4.69) is 50.5 Å². The van der Waals surface area contributed by atoms with Crippen LogP contribution in [0.5, 0.6) is 0 Å². The van der Waals surface area contributed by atoms with Crippen LogP contribution in [0.2, 0.25) is 0 Å². The molecule has 0 unspecified atom stereocenters. The molecular weight excluding hydrogens is 376 g/mol. The molecule has 0 saturated heterocycles. The van der Waals surface area contributed by atoms with E-state index in [9.17, 15) is 9.59 Å². The van der Waals surface area contributed by atoms with Gasteiger partial charge in [-0.15, -0.1) is 0 Å². The maximum Gasteiger partial charge on any atom is 0.252 e. The van der Waals surface area contributed by atoms with Gasteiger partial charge < -0.3 is 20.2 Å². The number of para-hydroxylation sites is 1. The lowest BCUT2D eigenvalue weighted by molar-refractivity contribution is 0.0952. The van der Waals surface area contributed by atoms with Crippen LogP contribution in [0.25, 0.3) is 10.9 Å². The van der Waals surface area contributed by atoms with Crippen LogP contribution in [0.4, 0.5) is 5.69 Å². The third-order valence-corrected chi connectivity index (χ3v) is 5.32. The Morgan fingerprint density at radius 1 is 0.967 bits per heavy atom. The van der Waals surface area contributed by atoms with Crippen LogP contribution in [0.1, 0.15) is 27.4 Å². The molecule has 0 spiro atoms. The molecule has 152 valence electrons. The Morgan fingerprint density at radius 3 is 2.43 bits per heavy atom. The highest BCUT2D eigenvalue weighted by Crippen LogP contribution is 2.31. The van der Waals surface area contributed by atoms with Crippen molar-refractivity contribution in [2.75, 3.05) is 25.5 Å². The predicted molar refractivity (Wildman–Crippen MR) is 120 cm³/mol. The number of aromatic amines is 2. The number of hydrogen-bond acceptors (Lipinski definition) is 3. The number of benzene rings is 2. The second-order valence-corrected chi connectivity index (χ2v) is 7.48. The van der Waals surface area contributed by atoms with Crippen LogP contribution < -0.4 is 15.8 Å². The first kappa shape index (κ1) is 19.5. The van der Waals surface area contributed by atoms with Crippen LogP contribution in [-0.4, -0.2) is 36.5 Å². The SMILES string of the molecule is CN(C)c1ccc([C@@H](CNC(=O)c2ccc(=O)[nH]c2)c2c[nH]c3ccccc23)cc1. The minimum atomic E-state index is -0.232. The largest absolute Gasteiger partial charge is 0.378 e. The highest BCUT2D eigenvalue weighted by molar-refractivity contribution is 5.94. The average molecular weight is 400 g/mol. The molecular formula is C24H24N4O2. The third kappa shape index (κ3) is 3.98. The predicted octanol–water partition coefficient (Wildman–Crippen LogP) is 3.48. The number of nitrogens with zero attached hydrogens (tertiary/aromatic N) is 1. The van der Waals surface area contributed by atoms with Crippen molar-refractivity contribution in [1.29, 1.82) is 0 Å². The minimum Gasteiger partial charge on any atom is -0.378 e. The van der Waals surface area contributed by atoms with Crippen LogP contribution in [0.3, 0.4) is 0 Å². The fraction of sp³-hybridized carbons (Fsp3) is 0.167. The zero-order valence-corrected chi connectivity index (χ0v) is 17.0. The summed E-state index contributed by atoms with van der Waals surface area (Å²) in [6.45, 7) is 0.432. The molecule has 6 nitrogen and oxygen atoms in total. The number of hydrogen-bond donors (Lipinski definition) is 3. The van der Waals surface area contributed by atoms with Gasteiger partial charge in [0.25, 0.3) is 5.91 Å². The monoisotopic (exact) mass is 400 g/mol. The van der Waals surface area contributed by atoms with Crippen LogP contribution in [0, 0.1) is 0 Å². The molecule has 1 amide bonds. The van der Waals surface area contributed by atoms with E-state index in [1.54, 1.807) is 0 Å². The summed E-state index contributed by atoms with van der Waals surface area (Å²) in [6.07, 6.45) is 3.45. The van der Waals surface area contributed by atoms with E-state index in [4.69, 9.17) is 0 Å². The van der Waals surface area contributed by atoms with E-state index in [-0.39, 0.29) is 17.4 Å². The van der Waals surface area contributed by atoms with Gasteiger partial charge >= 0.3 is 0 Å². The van der Waals surface area contributed by atoms with E-state index in [0.29, 0.717) is 12.1 Å². The summed E-state index contributed by atoms with van der Waals surface area (Å²) in [5, 5.41) is 4.16. The smallest absolute Gasteiger partial charge is 0.252 e. The van der Waals surface area contributed by atoms with Gasteiger partial charge in [-0.05, 0) is 35.4 Å². The zero-order valence-electron chi connectivity index (χ0n) is 17.0. The van der Waals surface area contributed by atoms with Crippen molar-refractivity contribution in [3.8, 4) is 0 Å². The number of pyridine rings is 1. The molecule has 4 aromatic rings. The van der Waals surface area contributed by atoms with Gasteiger partial charge in [0.1, 0.15) is 0 Å². The Kier molecular flexibility index (Phi) is 5.39. The van der Waals surface area contributed by atoms with Gasteiger partial charge in [-0.1, -0.05) is 30.3 Å². The molecule has 2 heterocycles. The number of aromatic nitrogens is 2. The molecule has 0 saturated carbocycles. The summed E-state index contributed by atoms with van der Waals surface area (Å²) in [4.78, 5) is 31.8. The summed E-state index contributed by atoms with van der Waals surface area (Å²) >= 11 is 0. The highest BCUT2D eigenvalue weighted by Gasteiger charge is 2.19. The maximum atomic E-state index is 12.6. The molecule has 0 aliphatic rings. The number of carbonyl (C=O) groups excluding carboxylic acids is 1. The van der Waals surface area contributed by atoms with Crippen LogP contribution in [0.15, 0.2) is 77.9 Å². The average Bonchev–Trinajstić information content (AvgIpc) is 3.19. The highest BCUT2D eigenvalue weighted by atomic mass is 16.1. The van der Waals surface area contributed by atoms with Gasteiger partial charge in [0.05, 0.1) is 5.56 Å². The summed E-state index contributed by atoms with van der Waals surface area (Å²) in [5.74, 6) is -0.245. The van der Waals surface area contributed by atoms with E-state index in [0.717, 1.165) is 27.7 Å². The lowest BCUT2D eigenvalue weighted by Crippen LogP contribution is -2.29. The van der Waals surface area contributed by atoms with Crippen molar-refractivity contribution < 1.29 is 4.79 Å². The lowest BCUT2D eigenvalue weighted by Gasteiger charge is -2.20. The van der Waals surface area contributed by atoms with Gasteiger partial charge in [0.2, 0.25) is 5.56 Å². The van der Waals surface area contributed by atoms with E-state index < -0.39 is 0 Å². The van der Waals surface area contributed by atoms with Gasteiger partial charge in [0.15, 0.2) is 0 Å². The van der Waals surface area contributed by atoms with Crippen molar-refractivity contribution in [2.24, 2.45) is 0 Å². The number of nitrogens with one attached hydrogen (secondary N) is 3. The Bertz CT molecular complexity index is 1200. The Hall–Kier alpha value is -3.80. The number of fused-ring (bicyclic) bond motifs is 1. The Labute approximate surface area is 174 Å². The molecule has 3 N–H and O–H groups in total. The van der Waals surface area contributed by atoms with Gasteiger partial charge in [-0.3, -0.25) is 9.59 Å².